The van der Waals surface area contributed by atoms with Crippen LogP contribution in [-0.4, -0.2) is 56.4 Å². The van der Waals surface area contributed by atoms with E-state index in [1.807, 2.05) is 35.2 Å². The molecule has 0 bridgehead atoms. The van der Waals surface area contributed by atoms with Crippen LogP contribution in [0.3, 0.4) is 0 Å². The third-order valence-electron chi connectivity index (χ3n) is 3.93. The SMILES string of the molecule is CC(C)COC1CCN(C(=O)COCCOc2ccccc2)CC1. The first kappa shape index (κ1) is 18.7. The minimum atomic E-state index is 0.0528. The molecule has 5 nitrogen and oxygen atoms in total. The van der Waals surface area contributed by atoms with Gasteiger partial charge in [-0.3, -0.25) is 4.79 Å². The average Bonchev–Trinajstić information content (AvgIpc) is 2.61. The van der Waals surface area contributed by atoms with E-state index in [2.05, 4.69) is 13.8 Å². The Morgan fingerprint density at radius 3 is 2.54 bits per heavy atom. The topological polar surface area (TPSA) is 48.0 Å². The Hall–Kier alpha value is -1.59. The summed E-state index contributed by atoms with van der Waals surface area (Å²) in [4.78, 5) is 14.0. The first-order valence-electron chi connectivity index (χ1n) is 8.80. The Labute approximate surface area is 144 Å². The second-order valence-corrected chi connectivity index (χ2v) is 6.52. The molecule has 0 unspecified atom stereocenters. The number of ether oxygens (including phenoxy) is 3. The Kier molecular flexibility index (Phi) is 8.05. The maximum absolute atomic E-state index is 12.1. The van der Waals surface area contributed by atoms with Gasteiger partial charge in [0.1, 0.15) is 19.0 Å². The van der Waals surface area contributed by atoms with Crippen molar-refractivity contribution in [1.29, 1.82) is 0 Å². The summed E-state index contributed by atoms with van der Waals surface area (Å²) < 4.78 is 16.8. The van der Waals surface area contributed by atoms with Crippen LogP contribution < -0.4 is 4.74 Å². The van der Waals surface area contributed by atoms with Gasteiger partial charge in [0.15, 0.2) is 0 Å². The summed E-state index contributed by atoms with van der Waals surface area (Å²) in [6, 6.07) is 9.59. The minimum Gasteiger partial charge on any atom is -0.491 e. The molecule has 24 heavy (non-hydrogen) atoms. The maximum atomic E-state index is 12.1. The molecule has 1 fully saturated rings. The lowest BCUT2D eigenvalue weighted by atomic mass is 10.1. The summed E-state index contributed by atoms with van der Waals surface area (Å²) in [6.07, 6.45) is 2.11. The molecular formula is C19H29NO4. The molecule has 134 valence electrons. The molecule has 0 aromatic heterocycles. The second-order valence-electron chi connectivity index (χ2n) is 6.52. The molecule has 1 aliphatic heterocycles. The molecule has 1 saturated heterocycles. The quantitative estimate of drug-likeness (QED) is 0.651. The van der Waals surface area contributed by atoms with Crippen molar-refractivity contribution in [3.05, 3.63) is 30.3 Å². The minimum absolute atomic E-state index is 0.0528. The normalized spacial score (nSPS) is 15.7. The van der Waals surface area contributed by atoms with Crippen molar-refractivity contribution in [3.63, 3.8) is 0 Å². The number of nitrogens with zero attached hydrogens (tertiary/aromatic N) is 1. The van der Waals surface area contributed by atoms with Gasteiger partial charge in [0, 0.05) is 19.7 Å². The van der Waals surface area contributed by atoms with E-state index in [-0.39, 0.29) is 18.6 Å². The van der Waals surface area contributed by atoms with Gasteiger partial charge in [-0.1, -0.05) is 32.0 Å². The highest BCUT2D eigenvalue weighted by atomic mass is 16.5. The maximum Gasteiger partial charge on any atom is 0.248 e. The van der Waals surface area contributed by atoms with Crippen molar-refractivity contribution in [3.8, 4) is 5.75 Å². The highest BCUT2D eigenvalue weighted by Gasteiger charge is 2.23. The molecule has 1 heterocycles. The molecule has 5 heteroatoms. The third kappa shape index (κ3) is 6.89. The number of hydrogen-bond acceptors (Lipinski definition) is 4. The van der Waals surface area contributed by atoms with Crippen LogP contribution in [-0.2, 0) is 14.3 Å². The lowest BCUT2D eigenvalue weighted by molar-refractivity contribution is -0.139. The fourth-order valence-corrected chi connectivity index (χ4v) is 2.59. The van der Waals surface area contributed by atoms with Gasteiger partial charge in [0.05, 0.1) is 12.7 Å². The molecule has 0 saturated carbocycles. The van der Waals surface area contributed by atoms with Crippen LogP contribution in [0.15, 0.2) is 30.3 Å². The Morgan fingerprint density at radius 1 is 1.17 bits per heavy atom. The van der Waals surface area contributed by atoms with Crippen molar-refractivity contribution in [2.24, 2.45) is 5.92 Å². The first-order valence-corrected chi connectivity index (χ1v) is 8.80. The van der Waals surface area contributed by atoms with Crippen LogP contribution in [0.5, 0.6) is 5.75 Å². The highest BCUT2D eigenvalue weighted by Crippen LogP contribution is 2.15. The number of amides is 1. The van der Waals surface area contributed by atoms with Crippen LogP contribution >= 0.6 is 0 Å². The summed E-state index contributed by atoms with van der Waals surface area (Å²) in [7, 11) is 0. The van der Waals surface area contributed by atoms with E-state index >= 15 is 0 Å². The van der Waals surface area contributed by atoms with Gasteiger partial charge in [-0.15, -0.1) is 0 Å². The largest absolute Gasteiger partial charge is 0.491 e. The number of hydrogen-bond donors (Lipinski definition) is 0. The van der Waals surface area contributed by atoms with E-state index in [1.165, 1.54) is 0 Å². The Balaban J connectivity index is 1.53. The van der Waals surface area contributed by atoms with Crippen molar-refractivity contribution in [1.82, 2.24) is 4.90 Å². The molecule has 1 amide bonds. The van der Waals surface area contributed by atoms with Crippen LogP contribution in [0.25, 0.3) is 0 Å². The summed E-state index contributed by atoms with van der Waals surface area (Å²) >= 11 is 0. The highest BCUT2D eigenvalue weighted by molar-refractivity contribution is 5.77. The summed E-state index contributed by atoms with van der Waals surface area (Å²) in [5, 5.41) is 0. The molecule has 0 aliphatic carbocycles. The van der Waals surface area contributed by atoms with E-state index in [0.717, 1.165) is 38.3 Å². The second kappa shape index (κ2) is 10.3. The summed E-state index contributed by atoms with van der Waals surface area (Å²) in [5.74, 6) is 1.42. The summed E-state index contributed by atoms with van der Waals surface area (Å²) in [6.45, 7) is 7.59. The van der Waals surface area contributed by atoms with Crippen LogP contribution in [0.4, 0.5) is 0 Å². The van der Waals surface area contributed by atoms with Crippen LogP contribution in [0, 0.1) is 5.92 Å². The van der Waals surface area contributed by atoms with Gasteiger partial charge in [0.25, 0.3) is 0 Å². The predicted molar refractivity (Wildman–Crippen MR) is 93.1 cm³/mol. The molecule has 0 atom stereocenters. The van der Waals surface area contributed by atoms with Crippen LogP contribution in [0.1, 0.15) is 26.7 Å². The van der Waals surface area contributed by atoms with E-state index in [4.69, 9.17) is 14.2 Å². The molecule has 2 rings (SSSR count). The fourth-order valence-electron chi connectivity index (χ4n) is 2.59. The fraction of sp³-hybridized carbons (Fsp3) is 0.632. The predicted octanol–water partition coefficient (Wildman–Crippen LogP) is 2.75. The van der Waals surface area contributed by atoms with Gasteiger partial charge in [-0.05, 0) is 30.9 Å². The Bertz CT molecular complexity index is 470. The van der Waals surface area contributed by atoms with E-state index < -0.39 is 0 Å². The number of carbonyl (C=O) groups excluding carboxylic acids is 1. The number of benzene rings is 1. The van der Waals surface area contributed by atoms with Gasteiger partial charge < -0.3 is 19.1 Å². The molecule has 0 N–H and O–H groups in total. The summed E-state index contributed by atoms with van der Waals surface area (Å²) in [5.41, 5.74) is 0. The number of para-hydroxylation sites is 1. The number of rotatable bonds is 9. The van der Waals surface area contributed by atoms with Gasteiger partial charge >= 0.3 is 0 Å². The number of piperidine rings is 1. The zero-order valence-corrected chi connectivity index (χ0v) is 14.8. The average molecular weight is 335 g/mol. The third-order valence-corrected chi connectivity index (χ3v) is 3.93. The van der Waals surface area contributed by atoms with Crippen molar-refractivity contribution in [2.45, 2.75) is 32.8 Å². The van der Waals surface area contributed by atoms with Crippen molar-refractivity contribution in [2.75, 3.05) is 39.5 Å². The van der Waals surface area contributed by atoms with E-state index in [9.17, 15) is 4.79 Å². The molecule has 1 aromatic rings. The van der Waals surface area contributed by atoms with Crippen LogP contribution in [0.2, 0.25) is 0 Å². The Morgan fingerprint density at radius 2 is 1.88 bits per heavy atom. The van der Waals surface area contributed by atoms with Crippen molar-refractivity contribution < 1.29 is 19.0 Å². The molecule has 0 spiro atoms. The lowest BCUT2D eigenvalue weighted by Gasteiger charge is -2.32. The first-order chi connectivity index (χ1) is 11.6. The zero-order chi connectivity index (χ0) is 17.2. The zero-order valence-electron chi connectivity index (χ0n) is 14.8. The lowest BCUT2D eigenvalue weighted by Crippen LogP contribution is -2.42. The number of likely N-dealkylation sites (tertiary alicyclic amines) is 1. The van der Waals surface area contributed by atoms with Gasteiger partial charge in [-0.2, -0.15) is 0 Å². The van der Waals surface area contributed by atoms with Gasteiger partial charge in [-0.25, -0.2) is 0 Å². The molecule has 1 aromatic carbocycles. The van der Waals surface area contributed by atoms with Gasteiger partial charge in [0.2, 0.25) is 5.91 Å². The molecular weight excluding hydrogens is 306 g/mol. The standard InChI is InChI=1S/C19H29NO4/c1-16(2)14-24-18-8-10-20(11-9-18)19(21)15-22-12-13-23-17-6-4-3-5-7-17/h3-7,16,18H,8-15H2,1-2H3. The molecule has 0 radical (unpaired) electrons. The van der Waals surface area contributed by atoms with E-state index in [1.54, 1.807) is 0 Å². The molecule has 1 aliphatic rings. The van der Waals surface area contributed by atoms with E-state index in [0.29, 0.717) is 19.1 Å². The monoisotopic (exact) mass is 335 g/mol. The number of carbonyl (C=O) groups is 1. The smallest absolute Gasteiger partial charge is 0.248 e. The van der Waals surface area contributed by atoms with Crippen molar-refractivity contribution >= 4 is 5.91 Å².